The zero-order chi connectivity index (χ0) is 15.9. The summed E-state index contributed by atoms with van der Waals surface area (Å²) in [5.41, 5.74) is 5.92. The van der Waals surface area contributed by atoms with Crippen molar-refractivity contribution in [3.8, 4) is 0 Å². The van der Waals surface area contributed by atoms with Gasteiger partial charge in [-0.15, -0.1) is 0 Å². The summed E-state index contributed by atoms with van der Waals surface area (Å²) < 4.78 is 36.6. The lowest BCUT2D eigenvalue weighted by Crippen LogP contribution is -2.35. The van der Waals surface area contributed by atoms with Crippen LogP contribution in [0, 0.1) is 0 Å². The van der Waals surface area contributed by atoms with Crippen LogP contribution in [0.4, 0.5) is 5.69 Å². The molecule has 1 aromatic carbocycles. The molecule has 0 radical (unpaired) electrons. The smallest absolute Gasteiger partial charge is 0.245 e. The van der Waals surface area contributed by atoms with E-state index in [4.69, 9.17) is 26.8 Å². The van der Waals surface area contributed by atoms with Crippen molar-refractivity contribution >= 4 is 27.3 Å². The van der Waals surface area contributed by atoms with Gasteiger partial charge in [-0.2, -0.15) is 4.31 Å². The molecule has 2 N–H and O–H groups in total. The lowest BCUT2D eigenvalue weighted by atomic mass is 10.3. The molecule has 0 bridgehead atoms. The predicted molar refractivity (Wildman–Crippen MR) is 83.0 cm³/mol. The minimum atomic E-state index is -3.69. The lowest BCUT2D eigenvalue weighted by molar-refractivity contribution is 0.164. The SMILES string of the molecule is COCCCN(CCOC)S(=O)(=O)c1ccc(Cl)cc1N. The number of sulfonamides is 1. The van der Waals surface area contributed by atoms with Gasteiger partial charge in [0.1, 0.15) is 4.90 Å². The Kier molecular flexibility index (Phi) is 7.41. The van der Waals surface area contributed by atoms with E-state index >= 15 is 0 Å². The van der Waals surface area contributed by atoms with Gasteiger partial charge in [0.2, 0.25) is 10.0 Å². The second kappa shape index (κ2) is 8.55. The molecule has 0 atom stereocenters. The van der Waals surface area contributed by atoms with Gasteiger partial charge in [0.15, 0.2) is 0 Å². The van der Waals surface area contributed by atoms with Crippen LogP contribution in [0.25, 0.3) is 0 Å². The Morgan fingerprint density at radius 2 is 1.86 bits per heavy atom. The minimum Gasteiger partial charge on any atom is -0.398 e. The lowest BCUT2D eigenvalue weighted by Gasteiger charge is -2.22. The monoisotopic (exact) mass is 336 g/mol. The summed E-state index contributed by atoms with van der Waals surface area (Å²) in [6.07, 6.45) is 0.590. The van der Waals surface area contributed by atoms with Crippen LogP contribution in [0.5, 0.6) is 0 Å². The first-order valence-electron chi connectivity index (χ1n) is 6.46. The molecule has 1 rings (SSSR count). The van der Waals surface area contributed by atoms with Gasteiger partial charge >= 0.3 is 0 Å². The van der Waals surface area contributed by atoms with E-state index in [2.05, 4.69) is 0 Å². The first kappa shape index (κ1) is 18.2. The number of methoxy groups -OCH3 is 2. The van der Waals surface area contributed by atoms with E-state index in [-0.39, 0.29) is 17.1 Å². The molecule has 0 aliphatic rings. The Morgan fingerprint density at radius 1 is 1.19 bits per heavy atom. The van der Waals surface area contributed by atoms with Crippen molar-refractivity contribution in [3.05, 3.63) is 23.2 Å². The molecular weight excluding hydrogens is 316 g/mol. The van der Waals surface area contributed by atoms with Crippen molar-refractivity contribution in [2.75, 3.05) is 46.3 Å². The predicted octanol–water partition coefficient (Wildman–Crippen LogP) is 1.60. The van der Waals surface area contributed by atoms with E-state index in [1.807, 2.05) is 0 Å². The normalized spacial score (nSPS) is 12.0. The minimum absolute atomic E-state index is 0.0559. The zero-order valence-corrected chi connectivity index (χ0v) is 13.8. The van der Waals surface area contributed by atoms with E-state index in [0.29, 0.717) is 31.2 Å². The van der Waals surface area contributed by atoms with Crippen LogP contribution >= 0.6 is 11.6 Å². The second-order valence-corrected chi connectivity index (χ2v) is 6.77. The summed E-state index contributed by atoms with van der Waals surface area (Å²) in [4.78, 5) is 0.0559. The molecule has 6 nitrogen and oxygen atoms in total. The van der Waals surface area contributed by atoms with Gasteiger partial charge < -0.3 is 15.2 Å². The maximum absolute atomic E-state index is 12.7. The van der Waals surface area contributed by atoms with E-state index in [1.165, 1.54) is 29.6 Å². The maximum atomic E-state index is 12.7. The summed E-state index contributed by atoms with van der Waals surface area (Å²) in [5.74, 6) is 0. The fraction of sp³-hybridized carbons (Fsp3) is 0.538. The van der Waals surface area contributed by atoms with Gasteiger partial charge in [-0.1, -0.05) is 11.6 Å². The van der Waals surface area contributed by atoms with Gasteiger partial charge in [0, 0.05) is 38.9 Å². The highest BCUT2D eigenvalue weighted by atomic mass is 35.5. The molecule has 0 heterocycles. The molecule has 1 aromatic rings. The highest BCUT2D eigenvalue weighted by molar-refractivity contribution is 7.89. The van der Waals surface area contributed by atoms with E-state index in [0.717, 1.165) is 0 Å². The van der Waals surface area contributed by atoms with Crippen molar-refractivity contribution in [2.45, 2.75) is 11.3 Å². The number of halogens is 1. The third-order valence-electron chi connectivity index (χ3n) is 2.89. The highest BCUT2D eigenvalue weighted by Gasteiger charge is 2.26. The summed E-state index contributed by atoms with van der Waals surface area (Å²) in [6, 6.07) is 4.36. The number of nitrogen functional groups attached to an aromatic ring is 1. The van der Waals surface area contributed by atoms with Crippen molar-refractivity contribution < 1.29 is 17.9 Å². The molecule has 0 aliphatic heterocycles. The topological polar surface area (TPSA) is 81.9 Å². The van der Waals surface area contributed by atoms with Gasteiger partial charge in [-0.3, -0.25) is 0 Å². The van der Waals surface area contributed by atoms with Crippen LogP contribution in [0.15, 0.2) is 23.1 Å². The summed E-state index contributed by atoms with van der Waals surface area (Å²) in [7, 11) is -0.588. The third-order valence-corrected chi connectivity index (χ3v) is 5.10. The molecule has 0 unspecified atom stereocenters. The summed E-state index contributed by atoms with van der Waals surface area (Å²) >= 11 is 5.81. The highest BCUT2D eigenvalue weighted by Crippen LogP contribution is 2.25. The number of nitrogens with zero attached hydrogens (tertiary/aromatic N) is 1. The number of anilines is 1. The van der Waals surface area contributed by atoms with Crippen LogP contribution < -0.4 is 5.73 Å². The second-order valence-electron chi connectivity index (χ2n) is 4.43. The van der Waals surface area contributed by atoms with Crippen molar-refractivity contribution in [1.29, 1.82) is 0 Å². The summed E-state index contributed by atoms with van der Waals surface area (Å²) in [5, 5.41) is 0.397. The Balaban J connectivity index is 3.01. The quantitative estimate of drug-likeness (QED) is 0.547. The molecule has 0 aliphatic carbocycles. The first-order valence-corrected chi connectivity index (χ1v) is 8.28. The zero-order valence-electron chi connectivity index (χ0n) is 12.2. The molecule has 21 heavy (non-hydrogen) atoms. The molecule has 0 saturated heterocycles. The summed E-state index contributed by atoms with van der Waals surface area (Å²) in [6.45, 7) is 1.38. The van der Waals surface area contributed by atoms with Gasteiger partial charge in [-0.05, 0) is 24.6 Å². The van der Waals surface area contributed by atoms with E-state index < -0.39 is 10.0 Å². The number of benzene rings is 1. The van der Waals surface area contributed by atoms with E-state index in [9.17, 15) is 8.42 Å². The fourth-order valence-electron chi connectivity index (χ4n) is 1.82. The largest absolute Gasteiger partial charge is 0.398 e. The Morgan fingerprint density at radius 3 is 2.43 bits per heavy atom. The van der Waals surface area contributed by atoms with Crippen LogP contribution in [0.1, 0.15) is 6.42 Å². The number of hydrogen-bond donors (Lipinski definition) is 1. The number of nitrogens with two attached hydrogens (primary N) is 1. The number of hydrogen-bond acceptors (Lipinski definition) is 5. The van der Waals surface area contributed by atoms with Crippen LogP contribution in [0.3, 0.4) is 0 Å². The fourth-order valence-corrected chi connectivity index (χ4v) is 3.56. The Hall–Kier alpha value is -0.860. The average Bonchev–Trinajstić information content (AvgIpc) is 2.42. The molecule has 8 heteroatoms. The third kappa shape index (κ3) is 5.12. The molecule has 0 spiro atoms. The van der Waals surface area contributed by atoms with Gasteiger partial charge in [-0.25, -0.2) is 8.42 Å². The maximum Gasteiger partial charge on any atom is 0.245 e. The van der Waals surface area contributed by atoms with Crippen LogP contribution in [-0.2, 0) is 19.5 Å². The first-order chi connectivity index (χ1) is 9.93. The number of ether oxygens (including phenoxy) is 2. The number of rotatable bonds is 9. The Bertz CT molecular complexity index is 551. The molecule has 0 saturated carbocycles. The molecular formula is C13H21ClN2O4S. The van der Waals surface area contributed by atoms with Crippen LogP contribution in [-0.4, -0.2) is 53.2 Å². The van der Waals surface area contributed by atoms with Crippen molar-refractivity contribution in [1.82, 2.24) is 4.31 Å². The van der Waals surface area contributed by atoms with Gasteiger partial charge in [0.05, 0.1) is 12.3 Å². The van der Waals surface area contributed by atoms with Crippen molar-refractivity contribution in [3.63, 3.8) is 0 Å². The van der Waals surface area contributed by atoms with E-state index in [1.54, 1.807) is 7.11 Å². The molecule has 0 amide bonds. The molecule has 0 aromatic heterocycles. The van der Waals surface area contributed by atoms with Crippen molar-refractivity contribution in [2.24, 2.45) is 0 Å². The molecule has 120 valence electrons. The van der Waals surface area contributed by atoms with Crippen LogP contribution in [0.2, 0.25) is 5.02 Å². The standard InChI is InChI=1S/C13H21ClN2O4S/c1-19-8-3-6-16(7-9-20-2)21(17,18)13-5-4-11(14)10-12(13)15/h4-5,10H,3,6-9,15H2,1-2H3. The average molecular weight is 337 g/mol. The Labute approximate surface area is 130 Å². The molecule has 0 fully saturated rings. The van der Waals surface area contributed by atoms with Gasteiger partial charge in [0.25, 0.3) is 0 Å².